The van der Waals surface area contributed by atoms with E-state index in [1.807, 2.05) is 17.1 Å². The van der Waals surface area contributed by atoms with Crippen LogP contribution in [0.25, 0.3) is 0 Å². The fourth-order valence-electron chi connectivity index (χ4n) is 9.40. The van der Waals surface area contributed by atoms with Gasteiger partial charge in [-0.05, 0) is 97.5 Å². The van der Waals surface area contributed by atoms with Gasteiger partial charge in [0, 0.05) is 17.0 Å². The van der Waals surface area contributed by atoms with Gasteiger partial charge in [-0.2, -0.15) is 5.10 Å². The van der Waals surface area contributed by atoms with Gasteiger partial charge in [-0.1, -0.05) is 34.1 Å². The van der Waals surface area contributed by atoms with Gasteiger partial charge < -0.3 is 0 Å². The first kappa shape index (κ1) is 22.0. The van der Waals surface area contributed by atoms with Crippen LogP contribution in [-0.4, -0.2) is 21.8 Å². The zero-order valence-corrected chi connectivity index (χ0v) is 21.0. The predicted molar refractivity (Wildman–Crippen MR) is 128 cm³/mol. The van der Waals surface area contributed by atoms with E-state index in [1.165, 1.54) is 44.9 Å². The number of hydrogen-bond acceptors (Lipinski definition) is 3. The van der Waals surface area contributed by atoms with Crippen molar-refractivity contribution in [2.24, 2.45) is 58.7 Å². The maximum atomic E-state index is 13.7. The highest BCUT2D eigenvalue weighted by Crippen LogP contribution is 2.67. The molecule has 3 nitrogen and oxygen atoms in total. The number of aromatic nitrogens is 2. The molecule has 4 heteroatoms. The van der Waals surface area contributed by atoms with Crippen LogP contribution in [-0.2, 0) is 11.3 Å². The topological polar surface area (TPSA) is 34.9 Å². The van der Waals surface area contributed by atoms with Gasteiger partial charge in [-0.25, -0.2) is 0 Å². The molecule has 10 atom stereocenters. The minimum Gasteiger partial charge on any atom is -0.297 e. The van der Waals surface area contributed by atoms with Crippen LogP contribution in [0.3, 0.4) is 0 Å². The molecule has 0 amide bonds. The number of rotatable bonds is 4. The van der Waals surface area contributed by atoms with Crippen molar-refractivity contribution in [1.29, 1.82) is 0 Å². The molecule has 1 aromatic heterocycles. The maximum absolute atomic E-state index is 13.7. The van der Waals surface area contributed by atoms with Gasteiger partial charge in [0.15, 0.2) is 5.78 Å². The van der Waals surface area contributed by atoms with Gasteiger partial charge in [-0.15, -0.1) is 11.8 Å². The Morgan fingerprint density at radius 3 is 2.61 bits per heavy atom. The van der Waals surface area contributed by atoms with Crippen molar-refractivity contribution < 1.29 is 4.79 Å². The van der Waals surface area contributed by atoms with Gasteiger partial charge in [0.2, 0.25) is 0 Å². The van der Waals surface area contributed by atoms with E-state index in [2.05, 4.69) is 39.0 Å². The molecule has 0 saturated heterocycles. The fraction of sp³-hybridized carbons (Fsp3) is 0.852. The lowest BCUT2D eigenvalue weighted by molar-refractivity contribution is -0.132. The van der Waals surface area contributed by atoms with Crippen LogP contribution in [0.2, 0.25) is 0 Å². The molecule has 4 aliphatic rings. The summed E-state index contributed by atoms with van der Waals surface area (Å²) in [5, 5.41) is 4.46. The third kappa shape index (κ3) is 3.54. The van der Waals surface area contributed by atoms with Crippen molar-refractivity contribution in [3.8, 4) is 0 Å². The zero-order chi connectivity index (χ0) is 21.9. The second kappa shape index (κ2) is 8.22. The molecular weight excluding hydrogens is 400 g/mol. The summed E-state index contributed by atoms with van der Waals surface area (Å²) in [5.74, 6) is 7.20. The molecule has 0 aromatic carbocycles. The van der Waals surface area contributed by atoms with Gasteiger partial charge >= 0.3 is 0 Å². The SMILES string of the molecule is CSc1cnn(CC(=O)[C@H]2[C@H](C)[C@@H](C)C3[C@@H]4CC[C@@H]5C[C@@H](C)CC[C@@H]5C4CC[C@@]32C)c1. The molecule has 0 spiro atoms. The lowest BCUT2D eigenvalue weighted by atomic mass is 9.48. The molecule has 4 saturated carbocycles. The number of ketones is 1. The highest BCUT2D eigenvalue weighted by atomic mass is 32.2. The number of fused-ring (bicyclic) bond motifs is 5. The van der Waals surface area contributed by atoms with Crippen molar-refractivity contribution in [1.82, 2.24) is 9.78 Å². The second-order valence-corrected chi connectivity index (χ2v) is 12.9. The third-order valence-electron chi connectivity index (χ3n) is 10.7. The number of carbonyl (C=O) groups is 1. The van der Waals surface area contributed by atoms with Crippen molar-refractivity contribution in [3.05, 3.63) is 12.4 Å². The largest absolute Gasteiger partial charge is 0.297 e. The van der Waals surface area contributed by atoms with E-state index in [4.69, 9.17) is 0 Å². The minimum absolute atomic E-state index is 0.182. The highest BCUT2D eigenvalue weighted by molar-refractivity contribution is 7.98. The molecule has 4 aliphatic carbocycles. The van der Waals surface area contributed by atoms with E-state index >= 15 is 0 Å². The summed E-state index contributed by atoms with van der Waals surface area (Å²) in [6, 6.07) is 0. The van der Waals surface area contributed by atoms with Crippen LogP contribution in [0, 0.1) is 58.7 Å². The lowest BCUT2D eigenvalue weighted by Crippen LogP contribution is -2.50. The Bertz CT molecular complexity index is 820. The summed E-state index contributed by atoms with van der Waals surface area (Å²) in [7, 11) is 0. The Labute approximate surface area is 193 Å². The number of nitrogens with zero attached hydrogens (tertiary/aromatic N) is 2. The van der Waals surface area contributed by atoms with E-state index in [9.17, 15) is 4.79 Å². The van der Waals surface area contributed by atoms with E-state index < -0.39 is 0 Å². The van der Waals surface area contributed by atoms with E-state index in [1.54, 1.807) is 11.8 Å². The summed E-state index contributed by atoms with van der Waals surface area (Å²) in [4.78, 5) is 14.8. The number of hydrogen-bond donors (Lipinski definition) is 0. The second-order valence-electron chi connectivity index (χ2n) is 12.1. The summed E-state index contributed by atoms with van der Waals surface area (Å²) < 4.78 is 1.88. The van der Waals surface area contributed by atoms with E-state index in [0.29, 0.717) is 24.2 Å². The standard InChI is InChI=1S/C27H42N2OS/c1-16-6-8-21-19(12-16)7-9-23-22(21)10-11-27(4)25(23)17(2)18(3)26(27)24(30)15-29-14-20(31-5)13-28-29/h13-14,16-19,21-23,25-26H,6-12,15H2,1-5H3/t16-,17+,18+,19+,21-,22?,23+,25?,26+,27-/m0/s1. The fourth-order valence-corrected chi connectivity index (χ4v) is 9.78. The monoisotopic (exact) mass is 442 g/mol. The molecule has 0 radical (unpaired) electrons. The van der Waals surface area contributed by atoms with Crippen molar-refractivity contribution in [2.45, 2.75) is 84.1 Å². The molecule has 1 aromatic rings. The van der Waals surface area contributed by atoms with E-state index in [-0.39, 0.29) is 11.3 Å². The van der Waals surface area contributed by atoms with Gasteiger partial charge in [0.05, 0.1) is 12.7 Å². The smallest absolute Gasteiger partial charge is 0.158 e. The predicted octanol–water partition coefficient (Wildman–Crippen LogP) is 6.57. The van der Waals surface area contributed by atoms with Gasteiger partial charge in [0.25, 0.3) is 0 Å². The molecule has 4 fully saturated rings. The zero-order valence-electron chi connectivity index (χ0n) is 20.2. The molecule has 1 heterocycles. The Kier molecular flexibility index (Phi) is 5.85. The van der Waals surface area contributed by atoms with E-state index in [0.717, 1.165) is 40.4 Å². The summed E-state index contributed by atoms with van der Waals surface area (Å²) in [6.45, 7) is 10.3. The Hall–Kier alpha value is -0.770. The quantitative estimate of drug-likeness (QED) is 0.495. The average molecular weight is 443 g/mol. The molecule has 0 aliphatic heterocycles. The first-order chi connectivity index (χ1) is 14.8. The van der Waals surface area contributed by atoms with Gasteiger partial charge in [-0.3, -0.25) is 9.48 Å². The van der Waals surface area contributed by atoms with Crippen molar-refractivity contribution >= 4 is 17.5 Å². The molecule has 2 unspecified atom stereocenters. The van der Waals surface area contributed by atoms with Crippen LogP contribution in [0.1, 0.15) is 72.6 Å². The molecule has 31 heavy (non-hydrogen) atoms. The highest BCUT2D eigenvalue weighted by Gasteiger charge is 2.63. The number of carbonyl (C=O) groups excluding carboxylic acids is 1. The first-order valence-electron chi connectivity index (χ1n) is 12.9. The molecule has 0 N–H and O–H groups in total. The van der Waals surface area contributed by atoms with Crippen molar-refractivity contribution in [2.75, 3.05) is 6.26 Å². The lowest BCUT2D eigenvalue weighted by Gasteiger charge is -2.56. The Balaban J connectivity index is 1.38. The molecule has 0 bridgehead atoms. The molecular formula is C27H42N2OS. The van der Waals surface area contributed by atoms with Crippen LogP contribution < -0.4 is 0 Å². The summed E-state index contributed by atoms with van der Waals surface area (Å²) >= 11 is 1.69. The van der Waals surface area contributed by atoms with Crippen LogP contribution >= 0.6 is 11.8 Å². The van der Waals surface area contributed by atoms with Crippen molar-refractivity contribution in [3.63, 3.8) is 0 Å². The summed E-state index contributed by atoms with van der Waals surface area (Å²) in [6.07, 6.45) is 15.9. The first-order valence-corrected chi connectivity index (χ1v) is 14.1. The average Bonchev–Trinajstić information content (AvgIpc) is 3.27. The molecule has 5 rings (SSSR count). The summed E-state index contributed by atoms with van der Waals surface area (Å²) in [5.41, 5.74) is 0.182. The Morgan fingerprint density at radius 2 is 1.87 bits per heavy atom. The normalized spacial score (nSPS) is 46.8. The van der Waals surface area contributed by atoms with Crippen LogP contribution in [0.4, 0.5) is 0 Å². The van der Waals surface area contributed by atoms with Crippen LogP contribution in [0.15, 0.2) is 17.3 Å². The van der Waals surface area contributed by atoms with Gasteiger partial charge in [0.1, 0.15) is 0 Å². The Morgan fingerprint density at radius 1 is 1.10 bits per heavy atom. The van der Waals surface area contributed by atoms with Crippen LogP contribution in [0.5, 0.6) is 0 Å². The third-order valence-corrected chi connectivity index (χ3v) is 11.3. The number of Topliss-reactive ketones (excluding diaryl/α,β-unsaturated/α-hetero) is 1. The number of thioether (sulfide) groups is 1. The minimum atomic E-state index is 0.182. The maximum Gasteiger partial charge on any atom is 0.158 e. The molecule has 172 valence electrons.